The van der Waals surface area contributed by atoms with E-state index in [4.69, 9.17) is 4.74 Å². The van der Waals surface area contributed by atoms with Crippen molar-refractivity contribution in [2.24, 2.45) is 0 Å². The molecule has 0 radical (unpaired) electrons. The number of nitrogens with zero attached hydrogens (tertiary/aromatic N) is 3. The summed E-state index contributed by atoms with van der Waals surface area (Å²) in [5, 5.41) is 3.21. The van der Waals surface area contributed by atoms with E-state index in [1.54, 1.807) is 7.11 Å². The van der Waals surface area contributed by atoms with Crippen molar-refractivity contribution >= 4 is 22.4 Å². The van der Waals surface area contributed by atoms with E-state index in [0.29, 0.717) is 0 Å². The largest absolute Gasteiger partial charge is 0.480 e. The zero-order valence-corrected chi connectivity index (χ0v) is 12.9. The van der Waals surface area contributed by atoms with Gasteiger partial charge >= 0.3 is 0 Å². The Morgan fingerprint density at radius 1 is 1.24 bits per heavy atom. The van der Waals surface area contributed by atoms with E-state index >= 15 is 0 Å². The maximum absolute atomic E-state index is 5.25. The van der Waals surface area contributed by atoms with Gasteiger partial charge < -0.3 is 4.74 Å². The predicted octanol–water partition coefficient (Wildman–Crippen LogP) is 3.33. The lowest BCUT2D eigenvalue weighted by atomic mass is 10.1. The molecule has 1 aromatic carbocycles. The molecule has 0 atom stereocenters. The number of benzene rings is 1. The van der Waals surface area contributed by atoms with Crippen molar-refractivity contribution in [2.45, 2.75) is 13.1 Å². The SMILES string of the molecule is COc1nscc1CN(C)Cc1cnc2ccccc2c1. The molecular weight excluding hydrogens is 282 g/mol. The number of ether oxygens (including phenoxy) is 1. The van der Waals surface area contributed by atoms with Gasteiger partial charge in [0.15, 0.2) is 0 Å². The van der Waals surface area contributed by atoms with Crippen LogP contribution in [0.25, 0.3) is 10.9 Å². The molecule has 0 aliphatic heterocycles. The van der Waals surface area contributed by atoms with Crippen LogP contribution in [0.2, 0.25) is 0 Å². The molecule has 0 N–H and O–H groups in total. The molecule has 3 aromatic rings. The van der Waals surface area contributed by atoms with Crippen LogP contribution in [0.5, 0.6) is 5.88 Å². The Bertz CT molecular complexity index is 741. The lowest BCUT2D eigenvalue weighted by Crippen LogP contribution is -2.17. The second kappa shape index (κ2) is 6.20. The molecule has 0 bridgehead atoms. The highest BCUT2D eigenvalue weighted by atomic mass is 32.1. The molecule has 21 heavy (non-hydrogen) atoms. The molecule has 5 heteroatoms. The molecule has 2 aromatic heterocycles. The normalized spacial score (nSPS) is 11.2. The van der Waals surface area contributed by atoms with Crippen LogP contribution in [0.1, 0.15) is 11.1 Å². The number of hydrogen-bond donors (Lipinski definition) is 0. The molecule has 0 spiro atoms. The highest BCUT2D eigenvalue weighted by Crippen LogP contribution is 2.21. The predicted molar refractivity (Wildman–Crippen MR) is 85.6 cm³/mol. The summed E-state index contributed by atoms with van der Waals surface area (Å²) in [6.45, 7) is 1.66. The molecule has 2 heterocycles. The van der Waals surface area contributed by atoms with E-state index in [0.717, 1.165) is 30.0 Å². The highest BCUT2D eigenvalue weighted by Gasteiger charge is 2.09. The molecule has 0 fully saturated rings. The first-order chi connectivity index (χ1) is 10.3. The van der Waals surface area contributed by atoms with Gasteiger partial charge in [0.1, 0.15) is 0 Å². The standard InChI is InChI=1S/C16H17N3OS/c1-19(10-14-11-21-18-16(14)20-2)9-12-7-13-5-3-4-6-15(13)17-8-12/h3-8,11H,9-10H2,1-2H3. The van der Waals surface area contributed by atoms with Crippen molar-refractivity contribution in [3.05, 3.63) is 53.0 Å². The lowest BCUT2D eigenvalue weighted by Gasteiger charge is -2.16. The average Bonchev–Trinajstić information content (AvgIpc) is 2.94. The van der Waals surface area contributed by atoms with E-state index in [-0.39, 0.29) is 0 Å². The molecule has 0 saturated carbocycles. The van der Waals surface area contributed by atoms with Gasteiger partial charge in [-0.25, -0.2) is 0 Å². The van der Waals surface area contributed by atoms with Gasteiger partial charge in [-0.05, 0) is 36.3 Å². The number of para-hydroxylation sites is 1. The van der Waals surface area contributed by atoms with E-state index in [1.807, 2.05) is 29.8 Å². The molecule has 0 aliphatic rings. The fraction of sp³-hybridized carbons (Fsp3) is 0.250. The summed E-state index contributed by atoms with van der Waals surface area (Å²) in [6.07, 6.45) is 1.95. The molecular formula is C16H17N3OS. The van der Waals surface area contributed by atoms with Crippen LogP contribution in [-0.2, 0) is 13.1 Å². The fourth-order valence-electron chi connectivity index (χ4n) is 2.38. The number of rotatable bonds is 5. The summed E-state index contributed by atoms with van der Waals surface area (Å²) >= 11 is 1.43. The van der Waals surface area contributed by atoms with Crippen LogP contribution in [0.15, 0.2) is 41.9 Å². The maximum atomic E-state index is 5.25. The van der Waals surface area contributed by atoms with Crippen LogP contribution < -0.4 is 4.74 Å². The van der Waals surface area contributed by atoms with Gasteiger partial charge in [0, 0.05) is 35.6 Å². The van der Waals surface area contributed by atoms with Gasteiger partial charge in [-0.2, -0.15) is 4.37 Å². The fourth-order valence-corrected chi connectivity index (χ4v) is 3.02. The zero-order valence-electron chi connectivity index (χ0n) is 12.1. The van der Waals surface area contributed by atoms with Crippen molar-refractivity contribution < 1.29 is 4.74 Å². The third-order valence-electron chi connectivity index (χ3n) is 3.34. The number of pyridine rings is 1. The van der Waals surface area contributed by atoms with Crippen LogP contribution in [0.3, 0.4) is 0 Å². The van der Waals surface area contributed by atoms with E-state index in [1.165, 1.54) is 22.5 Å². The first-order valence-electron chi connectivity index (χ1n) is 6.75. The minimum Gasteiger partial charge on any atom is -0.480 e. The Morgan fingerprint density at radius 3 is 2.95 bits per heavy atom. The molecule has 108 valence electrons. The molecule has 4 nitrogen and oxygen atoms in total. The topological polar surface area (TPSA) is 38.2 Å². The first-order valence-corrected chi connectivity index (χ1v) is 7.59. The first kappa shape index (κ1) is 14.0. The average molecular weight is 299 g/mol. The summed E-state index contributed by atoms with van der Waals surface area (Å²) in [5.74, 6) is 0.725. The van der Waals surface area contributed by atoms with Crippen LogP contribution in [0.4, 0.5) is 0 Å². The van der Waals surface area contributed by atoms with Gasteiger partial charge in [0.05, 0.1) is 12.6 Å². The number of methoxy groups -OCH3 is 1. The van der Waals surface area contributed by atoms with Crippen molar-refractivity contribution in [3.63, 3.8) is 0 Å². The van der Waals surface area contributed by atoms with Crippen molar-refractivity contribution in [2.75, 3.05) is 14.2 Å². The summed E-state index contributed by atoms with van der Waals surface area (Å²) < 4.78 is 9.47. The molecule has 0 amide bonds. The Morgan fingerprint density at radius 2 is 2.10 bits per heavy atom. The highest BCUT2D eigenvalue weighted by molar-refractivity contribution is 7.03. The van der Waals surface area contributed by atoms with Gasteiger partial charge in [0.25, 0.3) is 0 Å². The monoisotopic (exact) mass is 299 g/mol. The third kappa shape index (κ3) is 3.20. The molecule has 0 unspecified atom stereocenters. The van der Waals surface area contributed by atoms with E-state index in [2.05, 4.69) is 33.4 Å². The van der Waals surface area contributed by atoms with Crippen LogP contribution in [-0.4, -0.2) is 28.4 Å². The number of hydrogen-bond acceptors (Lipinski definition) is 5. The molecule has 3 rings (SSSR count). The second-order valence-electron chi connectivity index (χ2n) is 5.06. The van der Waals surface area contributed by atoms with E-state index in [9.17, 15) is 0 Å². The third-order valence-corrected chi connectivity index (χ3v) is 4.00. The number of aromatic nitrogens is 2. The summed E-state index contributed by atoms with van der Waals surface area (Å²) in [7, 11) is 3.75. The second-order valence-corrected chi connectivity index (χ2v) is 5.69. The van der Waals surface area contributed by atoms with Gasteiger partial charge in [-0.3, -0.25) is 9.88 Å². The summed E-state index contributed by atoms with van der Waals surface area (Å²) in [4.78, 5) is 6.74. The Labute approximate surface area is 128 Å². The van der Waals surface area contributed by atoms with Crippen LogP contribution in [0, 0.1) is 0 Å². The molecule has 0 saturated heterocycles. The minimum absolute atomic E-state index is 0.725. The summed E-state index contributed by atoms with van der Waals surface area (Å²) in [5.41, 5.74) is 3.37. The number of fused-ring (bicyclic) bond motifs is 1. The smallest absolute Gasteiger partial charge is 0.229 e. The van der Waals surface area contributed by atoms with Crippen molar-refractivity contribution in [3.8, 4) is 5.88 Å². The van der Waals surface area contributed by atoms with Crippen molar-refractivity contribution in [1.82, 2.24) is 14.3 Å². The van der Waals surface area contributed by atoms with E-state index < -0.39 is 0 Å². The Hall–Kier alpha value is -1.98. The zero-order chi connectivity index (χ0) is 14.7. The minimum atomic E-state index is 0.725. The maximum Gasteiger partial charge on any atom is 0.229 e. The summed E-state index contributed by atoms with van der Waals surface area (Å²) in [6, 6.07) is 10.4. The Kier molecular flexibility index (Phi) is 4.13. The van der Waals surface area contributed by atoms with Gasteiger partial charge in [-0.15, -0.1) is 0 Å². The van der Waals surface area contributed by atoms with Gasteiger partial charge in [-0.1, -0.05) is 18.2 Å². The van der Waals surface area contributed by atoms with Crippen molar-refractivity contribution in [1.29, 1.82) is 0 Å². The van der Waals surface area contributed by atoms with Gasteiger partial charge in [0.2, 0.25) is 5.88 Å². The molecule has 0 aliphatic carbocycles. The quantitative estimate of drug-likeness (QED) is 0.724. The van der Waals surface area contributed by atoms with Crippen LogP contribution >= 0.6 is 11.5 Å². The Balaban J connectivity index is 1.72. The lowest BCUT2D eigenvalue weighted by molar-refractivity contribution is 0.309.